The summed E-state index contributed by atoms with van der Waals surface area (Å²) in [5.74, 6) is -0.958. The molecule has 4 heteroatoms. The zero-order chi connectivity index (χ0) is 11.7. The monoisotopic (exact) mass is 220 g/mol. The number of hydrogen-bond acceptors (Lipinski definition) is 3. The van der Waals surface area contributed by atoms with Crippen molar-refractivity contribution < 1.29 is 19.0 Å². The first-order valence-electron chi connectivity index (χ1n) is 5.62. The van der Waals surface area contributed by atoms with Crippen LogP contribution in [-0.4, -0.2) is 30.0 Å². The average molecular weight is 220 g/mol. The van der Waals surface area contributed by atoms with E-state index in [0.717, 1.165) is 25.7 Å². The molecule has 90 valence electrons. The van der Waals surface area contributed by atoms with Gasteiger partial charge in [-0.2, -0.15) is 0 Å². The fourth-order valence-electron chi connectivity index (χ4n) is 1.31. The Kier molecular flexibility index (Phi) is 8.28. The van der Waals surface area contributed by atoms with Crippen LogP contribution in [0.4, 0.5) is 4.39 Å². The summed E-state index contributed by atoms with van der Waals surface area (Å²) in [5, 5.41) is 9.34. The topological polar surface area (TPSA) is 46.5 Å². The van der Waals surface area contributed by atoms with Gasteiger partial charge in [0.05, 0.1) is 12.7 Å². The molecule has 0 aromatic carbocycles. The normalized spacial score (nSPS) is 14.7. The van der Waals surface area contributed by atoms with Crippen molar-refractivity contribution >= 4 is 5.97 Å². The first-order chi connectivity index (χ1) is 7.13. The number of rotatable bonds is 8. The van der Waals surface area contributed by atoms with Gasteiger partial charge in [0.15, 0.2) is 0 Å². The van der Waals surface area contributed by atoms with Crippen LogP contribution in [0.3, 0.4) is 0 Å². The van der Waals surface area contributed by atoms with Crippen molar-refractivity contribution in [2.24, 2.45) is 0 Å². The molecule has 0 aliphatic carbocycles. The minimum absolute atomic E-state index is 0.141. The number of unbranched alkanes of at least 4 members (excludes halogenated alkanes) is 3. The third-order valence-corrected chi connectivity index (χ3v) is 2.20. The van der Waals surface area contributed by atoms with Crippen LogP contribution in [0.15, 0.2) is 0 Å². The van der Waals surface area contributed by atoms with E-state index < -0.39 is 18.2 Å². The maximum atomic E-state index is 13.2. The molecule has 0 unspecified atom stereocenters. The molecule has 0 radical (unpaired) electrons. The highest BCUT2D eigenvalue weighted by atomic mass is 19.1. The molecule has 0 aliphatic rings. The van der Waals surface area contributed by atoms with Crippen LogP contribution in [-0.2, 0) is 9.53 Å². The van der Waals surface area contributed by atoms with Gasteiger partial charge in [0, 0.05) is 0 Å². The van der Waals surface area contributed by atoms with Crippen molar-refractivity contribution in [2.75, 3.05) is 6.61 Å². The summed E-state index contributed by atoms with van der Waals surface area (Å²) in [6.07, 6.45) is 1.07. The van der Waals surface area contributed by atoms with E-state index in [9.17, 15) is 14.3 Å². The van der Waals surface area contributed by atoms with E-state index in [4.69, 9.17) is 0 Å². The van der Waals surface area contributed by atoms with E-state index in [1.165, 1.54) is 0 Å². The van der Waals surface area contributed by atoms with Gasteiger partial charge in [0.25, 0.3) is 0 Å². The molecule has 0 fully saturated rings. The summed E-state index contributed by atoms with van der Waals surface area (Å²) in [6.45, 7) is 3.83. The first-order valence-corrected chi connectivity index (χ1v) is 5.62. The molecule has 1 N–H and O–H groups in total. The van der Waals surface area contributed by atoms with Crippen molar-refractivity contribution in [3.05, 3.63) is 0 Å². The van der Waals surface area contributed by atoms with Crippen LogP contribution in [0.2, 0.25) is 0 Å². The Morgan fingerprint density at radius 2 is 2.00 bits per heavy atom. The molecule has 0 heterocycles. The molecule has 15 heavy (non-hydrogen) atoms. The summed E-state index contributed by atoms with van der Waals surface area (Å²) in [7, 11) is 0. The smallest absolute Gasteiger partial charge is 0.343 e. The standard InChI is InChI=1S/C11H21FO3/c1-3-5-6-7-8-9(13)10(12)11(14)15-4-2/h9-10,13H,3-8H2,1-2H3/t9-,10+/m0/s1. The van der Waals surface area contributed by atoms with E-state index in [2.05, 4.69) is 11.7 Å². The predicted molar refractivity (Wildman–Crippen MR) is 56.3 cm³/mol. The molecule has 0 aromatic rings. The third-order valence-electron chi connectivity index (χ3n) is 2.20. The lowest BCUT2D eigenvalue weighted by molar-refractivity contribution is -0.153. The number of carbonyl (C=O) groups excluding carboxylic acids is 1. The van der Waals surface area contributed by atoms with Crippen LogP contribution in [0.1, 0.15) is 46.0 Å². The summed E-state index contributed by atoms with van der Waals surface area (Å²) in [4.78, 5) is 10.9. The van der Waals surface area contributed by atoms with E-state index >= 15 is 0 Å². The van der Waals surface area contributed by atoms with Gasteiger partial charge in [-0.3, -0.25) is 0 Å². The van der Waals surface area contributed by atoms with Gasteiger partial charge >= 0.3 is 5.97 Å². The van der Waals surface area contributed by atoms with Crippen LogP contribution in [0, 0.1) is 0 Å². The second kappa shape index (κ2) is 8.65. The maximum absolute atomic E-state index is 13.2. The number of esters is 1. The molecule has 0 bridgehead atoms. The maximum Gasteiger partial charge on any atom is 0.343 e. The Balaban J connectivity index is 3.68. The lowest BCUT2D eigenvalue weighted by Crippen LogP contribution is -2.31. The van der Waals surface area contributed by atoms with E-state index in [0.29, 0.717) is 6.42 Å². The molecule has 0 saturated carbocycles. The van der Waals surface area contributed by atoms with Crippen molar-refractivity contribution in [3.8, 4) is 0 Å². The molecule has 0 saturated heterocycles. The quantitative estimate of drug-likeness (QED) is 0.504. The van der Waals surface area contributed by atoms with Crippen molar-refractivity contribution in [1.82, 2.24) is 0 Å². The van der Waals surface area contributed by atoms with Crippen LogP contribution >= 0.6 is 0 Å². The average Bonchev–Trinajstić information content (AvgIpc) is 2.23. The number of aliphatic hydroxyl groups is 1. The highest BCUT2D eigenvalue weighted by Crippen LogP contribution is 2.11. The summed E-state index contributed by atoms with van der Waals surface area (Å²) >= 11 is 0. The number of ether oxygens (including phenoxy) is 1. The van der Waals surface area contributed by atoms with Crippen LogP contribution in [0.5, 0.6) is 0 Å². The minimum atomic E-state index is -1.90. The van der Waals surface area contributed by atoms with Crippen molar-refractivity contribution in [2.45, 2.75) is 58.2 Å². The molecule has 0 spiro atoms. The Hall–Kier alpha value is -0.640. The van der Waals surface area contributed by atoms with Gasteiger partial charge < -0.3 is 9.84 Å². The van der Waals surface area contributed by atoms with Crippen LogP contribution < -0.4 is 0 Å². The van der Waals surface area contributed by atoms with Crippen molar-refractivity contribution in [3.63, 3.8) is 0 Å². The third kappa shape index (κ3) is 6.44. The molecule has 2 atom stereocenters. The molecule has 0 aromatic heterocycles. The molecule has 3 nitrogen and oxygen atoms in total. The first kappa shape index (κ1) is 14.4. The summed E-state index contributed by atoms with van der Waals surface area (Å²) in [5.41, 5.74) is 0. The van der Waals surface area contributed by atoms with Crippen LogP contribution in [0.25, 0.3) is 0 Å². The Bertz CT molecular complexity index is 173. The Morgan fingerprint density at radius 1 is 1.33 bits per heavy atom. The lowest BCUT2D eigenvalue weighted by Gasteiger charge is -2.14. The number of hydrogen-bond donors (Lipinski definition) is 1. The summed E-state index contributed by atoms with van der Waals surface area (Å²) < 4.78 is 17.6. The Morgan fingerprint density at radius 3 is 2.53 bits per heavy atom. The van der Waals surface area contributed by atoms with Gasteiger partial charge in [-0.1, -0.05) is 32.6 Å². The zero-order valence-electron chi connectivity index (χ0n) is 9.54. The molecular weight excluding hydrogens is 199 g/mol. The number of carbonyl (C=O) groups is 1. The van der Waals surface area contributed by atoms with Gasteiger partial charge in [0.1, 0.15) is 0 Å². The molecule has 0 rings (SSSR count). The number of alkyl halides is 1. The minimum Gasteiger partial charge on any atom is -0.464 e. The zero-order valence-corrected chi connectivity index (χ0v) is 9.54. The molecular formula is C11H21FO3. The largest absolute Gasteiger partial charge is 0.464 e. The fraction of sp³-hybridized carbons (Fsp3) is 0.909. The van der Waals surface area contributed by atoms with E-state index in [-0.39, 0.29) is 6.61 Å². The second-order valence-corrected chi connectivity index (χ2v) is 3.57. The fourth-order valence-corrected chi connectivity index (χ4v) is 1.31. The van der Waals surface area contributed by atoms with Gasteiger partial charge in [-0.15, -0.1) is 0 Å². The SMILES string of the molecule is CCCCCC[C@H](O)[C@@H](F)C(=O)OCC. The van der Waals surface area contributed by atoms with Gasteiger partial charge in [-0.25, -0.2) is 9.18 Å². The molecule has 0 aliphatic heterocycles. The highest BCUT2D eigenvalue weighted by molar-refractivity contribution is 5.75. The summed E-state index contributed by atoms with van der Waals surface area (Å²) in [6, 6.07) is 0. The van der Waals surface area contributed by atoms with Crippen molar-refractivity contribution in [1.29, 1.82) is 0 Å². The van der Waals surface area contributed by atoms with E-state index in [1.54, 1.807) is 6.92 Å². The highest BCUT2D eigenvalue weighted by Gasteiger charge is 2.26. The predicted octanol–water partition coefficient (Wildman–Crippen LogP) is 2.22. The van der Waals surface area contributed by atoms with Gasteiger partial charge in [0.2, 0.25) is 6.17 Å². The lowest BCUT2D eigenvalue weighted by atomic mass is 10.1. The number of halogens is 1. The van der Waals surface area contributed by atoms with E-state index in [1.807, 2.05) is 0 Å². The Labute approximate surface area is 90.6 Å². The molecule has 0 amide bonds. The number of aliphatic hydroxyl groups excluding tert-OH is 1. The van der Waals surface area contributed by atoms with Gasteiger partial charge in [-0.05, 0) is 13.3 Å². The second-order valence-electron chi connectivity index (χ2n) is 3.57.